The molecule has 144 valence electrons. The van der Waals surface area contributed by atoms with Gasteiger partial charge in [0.2, 0.25) is 0 Å². The molecule has 0 saturated carbocycles. The van der Waals surface area contributed by atoms with Gasteiger partial charge in [-0.25, -0.2) is 9.97 Å². The molecule has 1 aromatic carbocycles. The molecule has 1 saturated heterocycles. The quantitative estimate of drug-likeness (QED) is 0.744. The van der Waals surface area contributed by atoms with Gasteiger partial charge in [0, 0.05) is 44.3 Å². The van der Waals surface area contributed by atoms with Crippen LogP contribution in [-0.2, 0) is 0 Å². The van der Waals surface area contributed by atoms with E-state index in [1.54, 1.807) is 36.5 Å². The molecule has 3 heterocycles. The Labute approximate surface area is 169 Å². The van der Waals surface area contributed by atoms with Gasteiger partial charge in [0.05, 0.1) is 17.2 Å². The first-order valence-corrected chi connectivity index (χ1v) is 9.41. The number of nitriles is 1. The zero-order valence-corrected chi connectivity index (χ0v) is 15.8. The van der Waals surface area contributed by atoms with Gasteiger partial charge in [0.25, 0.3) is 5.91 Å². The molecule has 0 bridgehead atoms. The molecule has 2 aromatic heterocycles. The molecule has 0 unspecified atom stereocenters. The fraction of sp³-hybridized carbons (Fsp3) is 0.182. The van der Waals surface area contributed by atoms with E-state index in [0.717, 1.165) is 37.8 Å². The SMILES string of the molecule is N#Cc1ccc(NC(=O)c2ccc(N3CCN(c4ccccn4)CC3)nc2)cc1. The summed E-state index contributed by atoms with van der Waals surface area (Å²) >= 11 is 0. The van der Waals surface area contributed by atoms with E-state index in [1.807, 2.05) is 30.5 Å². The third kappa shape index (κ3) is 4.33. The van der Waals surface area contributed by atoms with E-state index in [2.05, 4.69) is 31.2 Å². The normalized spacial score (nSPS) is 13.6. The van der Waals surface area contributed by atoms with Crippen LogP contribution in [0.2, 0.25) is 0 Å². The number of hydrogen-bond donors (Lipinski definition) is 1. The van der Waals surface area contributed by atoms with Crippen molar-refractivity contribution >= 4 is 23.2 Å². The number of carbonyl (C=O) groups excluding carboxylic acids is 1. The first-order chi connectivity index (χ1) is 14.2. The first-order valence-electron chi connectivity index (χ1n) is 9.41. The Morgan fingerprint density at radius 2 is 1.59 bits per heavy atom. The van der Waals surface area contributed by atoms with Crippen LogP contribution >= 0.6 is 0 Å². The van der Waals surface area contributed by atoms with Crippen LogP contribution in [0, 0.1) is 11.3 Å². The summed E-state index contributed by atoms with van der Waals surface area (Å²) in [5, 5.41) is 11.7. The summed E-state index contributed by atoms with van der Waals surface area (Å²) in [6.45, 7) is 3.44. The fourth-order valence-electron chi connectivity index (χ4n) is 3.24. The van der Waals surface area contributed by atoms with Gasteiger partial charge in [0.1, 0.15) is 11.6 Å². The molecular formula is C22H20N6O. The number of benzene rings is 1. The number of amides is 1. The predicted octanol–water partition coefficient (Wildman–Crippen LogP) is 2.93. The standard InChI is InChI=1S/C22H20N6O/c23-15-17-4-7-19(8-5-17)26-22(29)18-6-9-21(25-16-18)28-13-11-27(12-14-28)20-3-1-2-10-24-20/h1-10,16H,11-14H2,(H,26,29). The van der Waals surface area contributed by atoms with Crippen LogP contribution < -0.4 is 15.1 Å². The number of hydrogen-bond acceptors (Lipinski definition) is 6. The number of nitrogens with zero attached hydrogens (tertiary/aromatic N) is 5. The van der Waals surface area contributed by atoms with Gasteiger partial charge >= 0.3 is 0 Å². The highest BCUT2D eigenvalue weighted by Gasteiger charge is 2.19. The van der Waals surface area contributed by atoms with Crippen LogP contribution in [0.5, 0.6) is 0 Å². The number of nitrogens with one attached hydrogen (secondary N) is 1. The Morgan fingerprint density at radius 1 is 0.897 bits per heavy atom. The lowest BCUT2D eigenvalue weighted by atomic mass is 10.2. The highest BCUT2D eigenvalue weighted by Crippen LogP contribution is 2.18. The maximum absolute atomic E-state index is 12.4. The Morgan fingerprint density at radius 3 is 2.14 bits per heavy atom. The van der Waals surface area contributed by atoms with Gasteiger partial charge < -0.3 is 15.1 Å². The minimum Gasteiger partial charge on any atom is -0.353 e. The second kappa shape index (κ2) is 8.40. The van der Waals surface area contributed by atoms with Crippen molar-refractivity contribution in [2.75, 3.05) is 41.3 Å². The average Bonchev–Trinajstić information content (AvgIpc) is 2.80. The fourth-order valence-corrected chi connectivity index (χ4v) is 3.24. The van der Waals surface area contributed by atoms with E-state index in [1.165, 1.54) is 0 Å². The molecular weight excluding hydrogens is 364 g/mol. The van der Waals surface area contributed by atoms with Crippen molar-refractivity contribution < 1.29 is 4.79 Å². The van der Waals surface area contributed by atoms with E-state index in [9.17, 15) is 4.79 Å². The van der Waals surface area contributed by atoms with Crippen LogP contribution in [0.25, 0.3) is 0 Å². The number of carbonyl (C=O) groups is 1. The molecule has 0 aliphatic carbocycles. The Hall–Kier alpha value is -3.92. The lowest BCUT2D eigenvalue weighted by Gasteiger charge is -2.36. The largest absolute Gasteiger partial charge is 0.353 e. The zero-order chi connectivity index (χ0) is 20.1. The van der Waals surface area contributed by atoms with Gasteiger partial charge in [-0.05, 0) is 48.5 Å². The van der Waals surface area contributed by atoms with Gasteiger partial charge in [-0.3, -0.25) is 4.79 Å². The molecule has 7 nitrogen and oxygen atoms in total. The van der Waals surface area contributed by atoms with Crippen LogP contribution in [0.4, 0.5) is 17.3 Å². The summed E-state index contributed by atoms with van der Waals surface area (Å²) in [6, 6.07) is 18.4. The third-order valence-corrected chi connectivity index (χ3v) is 4.86. The monoisotopic (exact) mass is 384 g/mol. The van der Waals surface area contributed by atoms with Crippen molar-refractivity contribution in [1.82, 2.24) is 9.97 Å². The van der Waals surface area contributed by atoms with Crippen LogP contribution in [0.1, 0.15) is 15.9 Å². The molecule has 0 atom stereocenters. The van der Waals surface area contributed by atoms with Crippen molar-refractivity contribution in [1.29, 1.82) is 5.26 Å². The van der Waals surface area contributed by atoms with Gasteiger partial charge in [0.15, 0.2) is 0 Å². The molecule has 1 aliphatic rings. The first kappa shape index (κ1) is 18.4. The summed E-state index contributed by atoms with van der Waals surface area (Å²) in [6.07, 6.45) is 3.41. The van der Waals surface area contributed by atoms with E-state index in [4.69, 9.17) is 5.26 Å². The van der Waals surface area contributed by atoms with E-state index in [-0.39, 0.29) is 5.91 Å². The Balaban J connectivity index is 1.35. The van der Waals surface area contributed by atoms with Gasteiger partial charge in [-0.2, -0.15) is 5.26 Å². The van der Waals surface area contributed by atoms with Gasteiger partial charge in [-0.15, -0.1) is 0 Å². The minimum atomic E-state index is -0.228. The molecule has 0 spiro atoms. The highest BCUT2D eigenvalue weighted by atomic mass is 16.1. The molecule has 1 fully saturated rings. The molecule has 3 aromatic rings. The maximum atomic E-state index is 12.4. The van der Waals surface area contributed by atoms with Crippen molar-refractivity contribution in [3.05, 3.63) is 78.1 Å². The molecule has 7 heteroatoms. The zero-order valence-electron chi connectivity index (χ0n) is 15.8. The van der Waals surface area contributed by atoms with Crippen molar-refractivity contribution in [2.24, 2.45) is 0 Å². The smallest absolute Gasteiger partial charge is 0.257 e. The van der Waals surface area contributed by atoms with E-state index in [0.29, 0.717) is 16.8 Å². The van der Waals surface area contributed by atoms with Crippen LogP contribution in [-0.4, -0.2) is 42.1 Å². The summed E-state index contributed by atoms with van der Waals surface area (Å²) in [7, 11) is 0. The predicted molar refractivity (Wildman–Crippen MR) is 112 cm³/mol. The highest BCUT2D eigenvalue weighted by molar-refractivity contribution is 6.04. The second-order valence-corrected chi connectivity index (χ2v) is 6.71. The van der Waals surface area contributed by atoms with Crippen LogP contribution in [0.3, 0.4) is 0 Å². The number of pyridine rings is 2. The Kier molecular flexibility index (Phi) is 5.34. The van der Waals surface area contributed by atoms with Crippen molar-refractivity contribution in [3.8, 4) is 6.07 Å². The van der Waals surface area contributed by atoms with E-state index >= 15 is 0 Å². The Bertz CT molecular complexity index is 1000. The van der Waals surface area contributed by atoms with Crippen LogP contribution in [0.15, 0.2) is 67.0 Å². The topological polar surface area (TPSA) is 85.2 Å². The molecule has 1 N–H and O–H groups in total. The number of anilines is 3. The second-order valence-electron chi connectivity index (χ2n) is 6.71. The third-order valence-electron chi connectivity index (χ3n) is 4.86. The summed E-state index contributed by atoms with van der Waals surface area (Å²) in [5.41, 5.74) is 1.69. The lowest BCUT2D eigenvalue weighted by molar-refractivity contribution is 0.102. The summed E-state index contributed by atoms with van der Waals surface area (Å²) in [5.74, 6) is 1.63. The summed E-state index contributed by atoms with van der Waals surface area (Å²) < 4.78 is 0. The molecule has 0 radical (unpaired) electrons. The average molecular weight is 384 g/mol. The maximum Gasteiger partial charge on any atom is 0.257 e. The summed E-state index contributed by atoms with van der Waals surface area (Å²) in [4.78, 5) is 25.8. The lowest BCUT2D eigenvalue weighted by Crippen LogP contribution is -2.47. The number of aromatic nitrogens is 2. The van der Waals surface area contributed by atoms with Crippen molar-refractivity contribution in [2.45, 2.75) is 0 Å². The molecule has 4 rings (SSSR count). The minimum absolute atomic E-state index is 0.228. The number of piperazine rings is 1. The number of rotatable bonds is 4. The van der Waals surface area contributed by atoms with Crippen molar-refractivity contribution in [3.63, 3.8) is 0 Å². The molecule has 29 heavy (non-hydrogen) atoms. The molecule has 1 amide bonds. The van der Waals surface area contributed by atoms with Gasteiger partial charge in [-0.1, -0.05) is 6.07 Å². The van der Waals surface area contributed by atoms with E-state index < -0.39 is 0 Å². The molecule has 1 aliphatic heterocycles.